The van der Waals surface area contributed by atoms with Crippen molar-refractivity contribution in [3.05, 3.63) is 49.1 Å². The molecule has 0 spiro atoms. The van der Waals surface area contributed by atoms with E-state index in [0.29, 0.717) is 24.4 Å². The summed E-state index contributed by atoms with van der Waals surface area (Å²) in [6.45, 7) is 13.4. The monoisotopic (exact) mass is 326 g/mol. The molecule has 2 aliphatic heterocycles. The maximum Gasteiger partial charge on any atom is 0.103 e. The lowest BCUT2D eigenvalue weighted by Crippen LogP contribution is -2.40. The molecule has 1 aromatic carbocycles. The topological polar surface area (TPSA) is 13.0 Å². The first-order valence-electron chi connectivity index (χ1n) is 8.98. The van der Waals surface area contributed by atoms with Gasteiger partial charge in [-0.2, -0.15) is 0 Å². The summed E-state index contributed by atoms with van der Waals surface area (Å²) in [7, 11) is 0. The van der Waals surface area contributed by atoms with Crippen molar-refractivity contribution in [1.82, 2.24) is 9.80 Å². The number of hydrogen-bond acceptors (Lipinski definition) is 4. The van der Waals surface area contributed by atoms with E-state index in [-0.39, 0.29) is 0 Å². The van der Waals surface area contributed by atoms with Gasteiger partial charge in [0.15, 0.2) is 0 Å². The molecule has 1 aromatic rings. The number of hydrogen-bond donors (Lipinski definition) is 0. The number of nitrogens with zero attached hydrogens (tertiary/aromatic N) is 4. The van der Waals surface area contributed by atoms with E-state index in [4.69, 9.17) is 0 Å². The molecule has 0 fully saturated rings. The molecule has 0 aliphatic carbocycles. The first kappa shape index (κ1) is 16.7. The normalized spacial score (nSPS) is 23.5. The highest BCUT2D eigenvalue weighted by Crippen LogP contribution is 2.32. The zero-order valence-electron chi connectivity index (χ0n) is 15.7. The van der Waals surface area contributed by atoms with Crippen LogP contribution in [0.5, 0.6) is 0 Å². The Morgan fingerprint density at radius 1 is 0.708 bits per heavy atom. The average molecular weight is 326 g/mol. The number of anilines is 2. The minimum Gasteiger partial charge on any atom is -0.353 e. The summed E-state index contributed by atoms with van der Waals surface area (Å²) in [6.07, 6.45) is 9.46. The van der Waals surface area contributed by atoms with Crippen LogP contribution in [0.3, 0.4) is 0 Å². The van der Waals surface area contributed by atoms with Crippen molar-refractivity contribution < 1.29 is 0 Å². The Morgan fingerprint density at radius 3 is 1.46 bits per heavy atom. The van der Waals surface area contributed by atoms with Crippen LogP contribution in [0.1, 0.15) is 41.5 Å². The number of benzene rings is 1. The molecule has 2 aliphatic rings. The van der Waals surface area contributed by atoms with Gasteiger partial charge in [0.1, 0.15) is 12.3 Å². The van der Waals surface area contributed by atoms with Gasteiger partial charge in [0.25, 0.3) is 0 Å². The van der Waals surface area contributed by atoms with Gasteiger partial charge < -0.3 is 19.6 Å². The second-order valence-electron chi connectivity index (χ2n) is 7.28. The third kappa shape index (κ3) is 2.85. The van der Waals surface area contributed by atoms with Crippen molar-refractivity contribution in [2.45, 2.75) is 66.0 Å². The first-order valence-corrected chi connectivity index (χ1v) is 8.98. The van der Waals surface area contributed by atoms with Gasteiger partial charge in [-0.3, -0.25) is 0 Å². The molecule has 130 valence electrons. The maximum atomic E-state index is 2.38. The fourth-order valence-electron chi connectivity index (χ4n) is 3.71. The summed E-state index contributed by atoms with van der Waals surface area (Å²) in [5, 5.41) is 0. The van der Waals surface area contributed by atoms with Gasteiger partial charge in [-0.25, -0.2) is 0 Å². The zero-order chi connectivity index (χ0) is 17.4. The molecule has 2 heterocycles. The van der Waals surface area contributed by atoms with Crippen molar-refractivity contribution >= 4 is 11.4 Å². The minimum absolute atomic E-state index is 0.346. The Bertz CT molecular complexity index is 583. The molecule has 0 bridgehead atoms. The Kier molecular flexibility index (Phi) is 4.48. The van der Waals surface area contributed by atoms with Gasteiger partial charge in [0.05, 0.1) is 0 Å². The summed E-state index contributed by atoms with van der Waals surface area (Å²) in [5.41, 5.74) is 2.48. The molecule has 4 heteroatoms. The summed E-state index contributed by atoms with van der Waals surface area (Å²) in [5.74, 6) is 0. The lowest BCUT2D eigenvalue weighted by Gasteiger charge is -2.34. The molecule has 0 radical (unpaired) electrons. The minimum atomic E-state index is 0.346. The molecule has 0 aromatic heterocycles. The second kappa shape index (κ2) is 6.42. The lowest BCUT2D eigenvalue weighted by atomic mass is 10.2. The highest BCUT2D eigenvalue weighted by molar-refractivity contribution is 5.63. The SMILES string of the molecule is CC(C)N1C=CN(c2cccc(N3C=CN(C(C)C)[C@H]3C)c2)[C@H]1C. The quantitative estimate of drug-likeness (QED) is 0.814. The van der Waals surface area contributed by atoms with E-state index in [1.807, 2.05) is 0 Å². The molecule has 4 nitrogen and oxygen atoms in total. The van der Waals surface area contributed by atoms with E-state index in [2.05, 4.69) is 110 Å². The fourth-order valence-corrected chi connectivity index (χ4v) is 3.71. The van der Waals surface area contributed by atoms with E-state index in [9.17, 15) is 0 Å². The Morgan fingerprint density at radius 2 is 1.12 bits per heavy atom. The molecular weight excluding hydrogens is 296 g/mol. The number of rotatable bonds is 4. The maximum absolute atomic E-state index is 2.38. The molecule has 0 amide bonds. The van der Waals surface area contributed by atoms with E-state index in [1.165, 1.54) is 11.4 Å². The summed E-state index contributed by atoms with van der Waals surface area (Å²) in [4.78, 5) is 9.44. The molecule has 3 rings (SSSR count). The lowest BCUT2D eigenvalue weighted by molar-refractivity contribution is 0.263. The van der Waals surface area contributed by atoms with Gasteiger partial charge in [0, 0.05) is 48.3 Å². The van der Waals surface area contributed by atoms with E-state index < -0.39 is 0 Å². The molecule has 2 atom stereocenters. The van der Waals surface area contributed by atoms with E-state index >= 15 is 0 Å². The molecule has 0 unspecified atom stereocenters. The van der Waals surface area contributed by atoms with Gasteiger partial charge in [-0.05, 0) is 59.7 Å². The molecule has 0 saturated heterocycles. The zero-order valence-corrected chi connectivity index (χ0v) is 15.7. The molecule has 24 heavy (non-hydrogen) atoms. The Labute approximate surface area is 146 Å². The largest absolute Gasteiger partial charge is 0.353 e. The molecular formula is C20H30N4. The van der Waals surface area contributed by atoms with Crippen LogP contribution in [0.25, 0.3) is 0 Å². The molecule has 0 saturated carbocycles. The summed E-state index contributed by atoms with van der Waals surface area (Å²) >= 11 is 0. The van der Waals surface area contributed by atoms with Crippen LogP contribution >= 0.6 is 0 Å². The van der Waals surface area contributed by atoms with Gasteiger partial charge in [-0.15, -0.1) is 0 Å². The second-order valence-corrected chi connectivity index (χ2v) is 7.28. The van der Waals surface area contributed by atoms with Gasteiger partial charge in [0.2, 0.25) is 0 Å². The van der Waals surface area contributed by atoms with E-state index in [0.717, 1.165) is 0 Å². The van der Waals surface area contributed by atoms with Crippen molar-refractivity contribution in [1.29, 1.82) is 0 Å². The summed E-state index contributed by atoms with van der Waals surface area (Å²) < 4.78 is 0. The van der Waals surface area contributed by atoms with Crippen LogP contribution in [-0.4, -0.2) is 34.2 Å². The van der Waals surface area contributed by atoms with Gasteiger partial charge >= 0.3 is 0 Å². The van der Waals surface area contributed by atoms with Gasteiger partial charge in [-0.1, -0.05) is 6.07 Å². The van der Waals surface area contributed by atoms with Crippen LogP contribution in [0, 0.1) is 0 Å². The van der Waals surface area contributed by atoms with E-state index in [1.54, 1.807) is 0 Å². The predicted octanol–water partition coefficient (Wildman–Crippen LogP) is 4.38. The van der Waals surface area contributed by atoms with Crippen LogP contribution in [-0.2, 0) is 0 Å². The highest BCUT2D eigenvalue weighted by Gasteiger charge is 2.27. The standard InChI is InChI=1S/C20H30N4/c1-15(2)21-10-12-23(17(21)5)19-8-7-9-20(14-19)24-13-11-22(16(3)4)18(24)6/h7-18H,1-6H3/t17-,18+. The average Bonchev–Trinajstić information content (AvgIpc) is 3.10. The third-order valence-electron chi connectivity index (χ3n) is 5.09. The van der Waals surface area contributed by atoms with Crippen molar-refractivity contribution in [3.8, 4) is 0 Å². The Hall–Kier alpha value is -2.10. The summed E-state index contributed by atoms with van der Waals surface area (Å²) in [6, 6.07) is 9.84. The van der Waals surface area contributed by atoms with Crippen molar-refractivity contribution in [2.24, 2.45) is 0 Å². The van der Waals surface area contributed by atoms with Crippen LogP contribution in [0.4, 0.5) is 11.4 Å². The first-order chi connectivity index (χ1) is 11.4. The predicted molar refractivity (Wildman–Crippen MR) is 103 cm³/mol. The third-order valence-corrected chi connectivity index (χ3v) is 5.09. The van der Waals surface area contributed by atoms with Crippen molar-refractivity contribution in [2.75, 3.05) is 9.80 Å². The smallest absolute Gasteiger partial charge is 0.103 e. The van der Waals surface area contributed by atoms with Crippen molar-refractivity contribution in [3.63, 3.8) is 0 Å². The fraction of sp³-hybridized carbons (Fsp3) is 0.500. The Balaban J connectivity index is 1.81. The molecule has 0 N–H and O–H groups in total. The van der Waals surface area contributed by atoms with Crippen LogP contribution < -0.4 is 9.80 Å². The van der Waals surface area contributed by atoms with Crippen LogP contribution in [0.15, 0.2) is 49.1 Å². The van der Waals surface area contributed by atoms with Crippen LogP contribution in [0.2, 0.25) is 0 Å². The highest BCUT2D eigenvalue weighted by atomic mass is 15.4.